The number of hydrogen-bond donors (Lipinski definition) is 1. The zero-order chi connectivity index (χ0) is 11.1. The maximum atomic E-state index is 11.5. The van der Waals surface area contributed by atoms with Crippen LogP contribution < -0.4 is 10.5 Å². The van der Waals surface area contributed by atoms with Gasteiger partial charge in [0.2, 0.25) is 0 Å². The Kier molecular flexibility index (Phi) is 2.12. The predicted molar refractivity (Wildman–Crippen MR) is 58.6 cm³/mol. The van der Waals surface area contributed by atoms with E-state index in [1.54, 1.807) is 13.2 Å². The third kappa shape index (κ3) is 1.36. The molecule has 1 atom stereocenters. The van der Waals surface area contributed by atoms with E-state index in [1.807, 2.05) is 24.3 Å². The van der Waals surface area contributed by atoms with Gasteiger partial charge in [-0.05, 0) is 30.2 Å². The molecule has 2 N–H and O–H groups in total. The first-order valence-electron chi connectivity index (χ1n) is 4.75. The number of benzene rings is 1. The third-order valence-electron chi connectivity index (χ3n) is 2.81. The van der Waals surface area contributed by atoms with Gasteiger partial charge in [0.15, 0.2) is 5.78 Å². The minimum Gasteiger partial charge on any atom is -0.497 e. The molecule has 1 aliphatic carbocycles. The number of ketones is 1. The number of ether oxygens (including phenoxy) is 1. The summed E-state index contributed by atoms with van der Waals surface area (Å²) in [6.07, 6.45) is 3.60. The number of fused-ring (bicyclic) bond motifs is 1. The highest BCUT2D eigenvalue weighted by Crippen LogP contribution is 2.34. The summed E-state index contributed by atoms with van der Waals surface area (Å²) < 4.78 is 5.11. The molecule has 0 aliphatic heterocycles. The predicted octanol–water partition coefficient (Wildman–Crippen LogP) is 1.46. The number of rotatable bonds is 2. The molecule has 78 valence electrons. The topological polar surface area (TPSA) is 52.3 Å². The van der Waals surface area contributed by atoms with Gasteiger partial charge in [-0.2, -0.15) is 0 Å². The van der Waals surface area contributed by atoms with Crippen molar-refractivity contribution in [2.75, 3.05) is 7.11 Å². The zero-order valence-corrected chi connectivity index (χ0v) is 8.78. The summed E-state index contributed by atoms with van der Waals surface area (Å²) >= 11 is 0. The Labute approximate surface area is 88.5 Å². The molecule has 2 rings (SSSR count). The van der Waals surface area contributed by atoms with Gasteiger partial charge in [0.25, 0.3) is 0 Å². The van der Waals surface area contributed by atoms with Crippen LogP contribution in [0.4, 0.5) is 0 Å². The van der Waals surface area contributed by atoms with Gasteiger partial charge < -0.3 is 10.5 Å². The minimum absolute atomic E-state index is 0.0531. The van der Waals surface area contributed by atoms with Gasteiger partial charge in [-0.3, -0.25) is 4.79 Å². The van der Waals surface area contributed by atoms with Crippen molar-refractivity contribution in [1.82, 2.24) is 0 Å². The second kappa shape index (κ2) is 3.21. The highest BCUT2D eigenvalue weighted by atomic mass is 16.5. The normalized spacial score (nSPS) is 22.6. The van der Waals surface area contributed by atoms with E-state index in [0.717, 1.165) is 16.9 Å². The maximum Gasteiger partial charge on any atom is 0.158 e. The Morgan fingerprint density at radius 3 is 2.80 bits per heavy atom. The van der Waals surface area contributed by atoms with Crippen molar-refractivity contribution in [3.63, 3.8) is 0 Å². The lowest BCUT2D eigenvalue weighted by atomic mass is 9.89. The summed E-state index contributed by atoms with van der Waals surface area (Å²) in [5.41, 5.74) is 6.87. The molecule has 0 saturated heterocycles. The average Bonchev–Trinajstić information content (AvgIpc) is 2.57. The van der Waals surface area contributed by atoms with Gasteiger partial charge in [0.05, 0.1) is 7.11 Å². The molecule has 0 unspecified atom stereocenters. The molecule has 0 fully saturated rings. The van der Waals surface area contributed by atoms with E-state index >= 15 is 0 Å². The van der Waals surface area contributed by atoms with Gasteiger partial charge in [-0.25, -0.2) is 0 Å². The fourth-order valence-electron chi connectivity index (χ4n) is 1.80. The first-order chi connectivity index (χ1) is 7.08. The first kappa shape index (κ1) is 9.93. The van der Waals surface area contributed by atoms with Gasteiger partial charge in [-0.1, -0.05) is 18.2 Å². The number of methoxy groups -OCH3 is 1. The van der Waals surface area contributed by atoms with E-state index in [4.69, 9.17) is 10.5 Å². The number of nitrogens with two attached hydrogens (primary N) is 1. The van der Waals surface area contributed by atoms with Gasteiger partial charge >= 0.3 is 0 Å². The molecular formula is C12H13NO2. The molecule has 0 saturated carbocycles. The van der Waals surface area contributed by atoms with Crippen LogP contribution >= 0.6 is 0 Å². The second-order valence-corrected chi connectivity index (χ2v) is 3.71. The Morgan fingerprint density at radius 1 is 1.47 bits per heavy atom. The summed E-state index contributed by atoms with van der Waals surface area (Å²) in [6.45, 7) is 1.50. The molecular weight excluding hydrogens is 190 g/mol. The summed E-state index contributed by atoms with van der Waals surface area (Å²) in [6, 6.07) is 5.54. The van der Waals surface area contributed by atoms with Crippen LogP contribution in [0.25, 0.3) is 6.08 Å². The molecule has 3 nitrogen and oxygen atoms in total. The number of carbonyl (C=O) groups excluding carboxylic acids is 1. The van der Waals surface area contributed by atoms with Crippen LogP contribution in [0, 0.1) is 0 Å². The molecule has 0 bridgehead atoms. The van der Waals surface area contributed by atoms with Crippen LogP contribution in [-0.2, 0) is 10.3 Å². The molecule has 0 radical (unpaired) electrons. The Hall–Kier alpha value is -1.61. The average molecular weight is 203 g/mol. The van der Waals surface area contributed by atoms with Crippen LogP contribution in [0.3, 0.4) is 0 Å². The summed E-state index contributed by atoms with van der Waals surface area (Å²) in [4.78, 5) is 11.5. The van der Waals surface area contributed by atoms with Gasteiger partial charge in [0.1, 0.15) is 11.3 Å². The monoisotopic (exact) mass is 203 g/mol. The second-order valence-electron chi connectivity index (χ2n) is 3.71. The van der Waals surface area contributed by atoms with Crippen molar-refractivity contribution in [1.29, 1.82) is 0 Å². The van der Waals surface area contributed by atoms with E-state index in [0.29, 0.717) is 0 Å². The largest absolute Gasteiger partial charge is 0.497 e. The van der Waals surface area contributed by atoms with Crippen LogP contribution in [0.15, 0.2) is 24.3 Å². The molecule has 0 aromatic heterocycles. The van der Waals surface area contributed by atoms with E-state index in [2.05, 4.69) is 0 Å². The fraction of sp³-hybridized carbons (Fsp3) is 0.250. The molecule has 3 heteroatoms. The number of hydrogen-bond acceptors (Lipinski definition) is 3. The molecule has 1 aromatic carbocycles. The van der Waals surface area contributed by atoms with Crippen molar-refractivity contribution in [2.24, 2.45) is 5.73 Å². The molecule has 15 heavy (non-hydrogen) atoms. The molecule has 0 amide bonds. The smallest absolute Gasteiger partial charge is 0.158 e. The van der Waals surface area contributed by atoms with Crippen LogP contribution in [0.1, 0.15) is 18.1 Å². The Balaban J connectivity index is 2.54. The van der Waals surface area contributed by atoms with E-state index in [9.17, 15) is 4.79 Å². The van der Waals surface area contributed by atoms with Gasteiger partial charge in [0, 0.05) is 0 Å². The molecule has 0 spiro atoms. The number of Topliss-reactive ketones (excluding diaryl/α,β-unsaturated/α-hetero) is 1. The lowest BCUT2D eigenvalue weighted by molar-refractivity contribution is -0.120. The summed E-state index contributed by atoms with van der Waals surface area (Å²) in [5, 5.41) is 0. The van der Waals surface area contributed by atoms with Gasteiger partial charge in [-0.15, -0.1) is 0 Å². The molecule has 1 aliphatic rings. The number of carbonyl (C=O) groups is 1. The lowest BCUT2D eigenvalue weighted by Gasteiger charge is -2.20. The van der Waals surface area contributed by atoms with Crippen LogP contribution in [0.2, 0.25) is 0 Å². The van der Waals surface area contributed by atoms with E-state index < -0.39 is 5.54 Å². The summed E-state index contributed by atoms with van der Waals surface area (Å²) in [5.74, 6) is 0.717. The maximum absolute atomic E-state index is 11.5. The third-order valence-corrected chi connectivity index (χ3v) is 2.81. The lowest BCUT2D eigenvalue weighted by Crippen LogP contribution is -2.40. The first-order valence-corrected chi connectivity index (χ1v) is 4.75. The van der Waals surface area contributed by atoms with Crippen molar-refractivity contribution < 1.29 is 9.53 Å². The van der Waals surface area contributed by atoms with Crippen molar-refractivity contribution >= 4 is 11.9 Å². The zero-order valence-electron chi connectivity index (χ0n) is 8.78. The highest BCUT2D eigenvalue weighted by molar-refractivity contribution is 5.94. The summed E-state index contributed by atoms with van der Waals surface area (Å²) in [7, 11) is 1.61. The Morgan fingerprint density at radius 2 is 2.20 bits per heavy atom. The van der Waals surface area contributed by atoms with E-state index in [1.165, 1.54) is 6.92 Å². The molecule has 0 heterocycles. The van der Waals surface area contributed by atoms with Crippen molar-refractivity contribution in [3.05, 3.63) is 35.4 Å². The standard InChI is InChI=1S/C12H13NO2/c1-8(14)12(13)6-5-9-7-10(15-2)3-4-11(9)12/h3-7H,13H2,1-2H3/t12-/m0/s1. The Bertz CT molecular complexity index is 451. The van der Waals surface area contributed by atoms with Crippen LogP contribution in [-0.4, -0.2) is 12.9 Å². The fourth-order valence-corrected chi connectivity index (χ4v) is 1.80. The SMILES string of the molecule is COc1ccc2c(c1)C=C[C@]2(N)C(C)=O. The van der Waals surface area contributed by atoms with Crippen molar-refractivity contribution in [3.8, 4) is 5.75 Å². The highest BCUT2D eigenvalue weighted by Gasteiger charge is 2.35. The quantitative estimate of drug-likeness (QED) is 0.791. The van der Waals surface area contributed by atoms with E-state index in [-0.39, 0.29) is 5.78 Å². The molecule has 1 aromatic rings. The van der Waals surface area contributed by atoms with Crippen LogP contribution in [0.5, 0.6) is 5.75 Å². The van der Waals surface area contributed by atoms with Crippen molar-refractivity contribution in [2.45, 2.75) is 12.5 Å². The minimum atomic E-state index is -0.957.